The molecule has 2 saturated heterocycles. The summed E-state index contributed by atoms with van der Waals surface area (Å²) in [7, 11) is 3.28. The van der Waals surface area contributed by atoms with Crippen molar-refractivity contribution in [3.8, 4) is 11.5 Å². The second-order valence-corrected chi connectivity index (χ2v) is 7.48. The molecular formula is C21H35Cl2N3O4. The summed E-state index contributed by atoms with van der Waals surface area (Å²) in [6, 6.07) is 6.07. The molecule has 0 saturated carbocycles. The van der Waals surface area contributed by atoms with Crippen LogP contribution < -0.4 is 20.1 Å². The van der Waals surface area contributed by atoms with E-state index in [0.717, 1.165) is 38.2 Å². The van der Waals surface area contributed by atoms with Crippen molar-refractivity contribution in [3.05, 3.63) is 23.8 Å². The maximum atomic E-state index is 12.4. The van der Waals surface area contributed by atoms with Gasteiger partial charge in [0.25, 0.3) is 0 Å². The van der Waals surface area contributed by atoms with Crippen LogP contribution in [0.15, 0.2) is 18.2 Å². The van der Waals surface area contributed by atoms with Crippen molar-refractivity contribution >= 4 is 30.7 Å². The number of benzene rings is 1. The van der Waals surface area contributed by atoms with E-state index < -0.39 is 0 Å². The molecule has 172 valence electrons. The molecule has 0 aromatic heterocycles. The fraction of sp³-hybridized carbons (Fsp3) is 0.667. The smallest absolute Gasteiger partial charge is 0.220 e. The minimum absolute atomic E-state index is 0. The number of hydrogen-bond acceptors (Lipinski definition) is 6. The number of carbonyl (C=O) groups is 1. The molecule has 2 fully saturated rings. The number of ether oxygens (including phenoxy) is 3. The van der Waals surface area contributed by atoms with E-state index >= 15 is 0 Å². The SMILES string of the molecule is COc1ccc(C(CNC(=O)CCC2CCNC2)N2CCOCC2)cc1OC.Cl.Cl. The van der Waals surface area contributed by atoms with Crippen LogP contribution in [0.4, 0.5) is 0 Å². The first-order valence-corrected chi connectivity index (χ1v) is 10.2. The van der Waals surface area contributed by atoms with E-state index in [-0.39, 0.29) is 36.8 Å². The van der Waals surface area contributed by atoms with Crippen molar-refractivity contribution in [1.29, 1.82) is 0 Å². The summed E-state index contributed by atoms with van der Waals surface area (Å²) in [5.41, 5.74) is 1.11. The number of nitrogens with one attached hydrogen (secondary N) is 2. The Morgan fingerprint density at radius 2 is 1.97 bits per heavy atom. The molecule has 0 spiro atoms. The van der Waals surface area contributed by atoms with Gasteiger partial charge in [0.05, 0.1) is 33.5 Å². The number of rotatable bonds is 9. The average molecular weight is 464 g/mol. The highest BCUT2D eigenvalue weighted by molar-refractivity contribution is 5.85. The van der Waals surface area contributed by atoms with Crippen LogP contribution in [0.2, 0.25) is 0 Å². The summed E-state index contributed by atoms with van der Waals surface area (Å²) < 4.78 is 16.3. The maximum Gasteiger partial charge on any atom is 0.220 e. The van der Waals surface area contributed by atoms with E-state index in [1.165, 1.54) is 6.42 Å². The fourth-order valence-electron chi connectivity index (χ4n) is 4.00. The lowest BCUT2D eigenvalue weighted by molar-refractivity contribution is -0.121. The third-order valence-electron chi connectivity index (χ3n) is 5.71. The van der Waals surface area contributed by atoms with Gasteiger partial charge < -0.3 is 24.8 Å². The Morgan fingerprint density at radius 1 is 1.23 bits per heavy atom. The fourth-order valence-corrected chi connectivity index (χ4v) is 4.00. The van der Waals surface area contributed by atoms with Gasteiger partial charge in [-0.1, -0.05) is 6.07 Å². The van der Waals surface area contributed by atoms with Crippen molar-refractivity contribution in [2.24, 2.45) is 5.92 Å². The van der Waals surface area contributed by atoms with Gasteiger partial charge in [-0.3, -0.25) is 9.69 Å². The van der Waals surface area contributed by atoms with E-state index in [1.54, 1.807) is 14.2 Å². The molecule has 0 radical (unpaired) electrons. The zero-order valence-electron chi connectivity index (χ0n) is 17.9. The molecule has 1 amide bonds. The Labute approximate surface area is 192 Å². The second kappa shape index (κ2) is 13.9. The Kier molecular flexibility index (Phi) is 12.4. The third-order valence-corrected chi connectivity index (χ3v) is 5.71. The standard InChI is InChI=1S/C21H33N3O4.2ClH/c1-26-19-5-4-17(13-20(19)27-2)18(24-9-11-28-12-10-24)15-23-21(25)6-3-16-7-8-22-14-16;;/h4-5,13,16,18,22H,3,6-12,14-15H2,1-2H3,(H,23,25);2*1H. The van der Waals surface area contributed by atoms with Gasteiger partial charge in [0.1, 0.15) is 0 Å². The molecule has 2 atom stereocenters. The Morgan fingerprint density at radius 3 is 2.60 bits per heavy atom. The minimum Gasteiger partial charge on any atom is -0.493 e. The first-order chi connectivity index (χ1) is 13.7. The Bertz CT molecular complexity index is 639. The van der Waals surface area contributed by atoms with E-state index in [0.29, 0.717) is 43.6 Å². The molecule has 7 nitrogen and oxygen atoms in total. The Hall–Kier alpha value is -1.25. The predicted octanol–water partition coefficient (Wildman–Crippen LogP) is 2.43. The molecule has 2 unspecified atom stereocenters. The van der Waals surface area contributed by atoms with E-state index in [9.17, 15) is 4.79 Å². The van der Waals surface area contributed by atoms with Crippen molar-refractivity contribution in [1.82, 2.24) is 15.5 Å². The van der Waals surface area contributed by atoms with Crippen LogP contribution in [-0.4, -0.2) is 71.0 Å². The predicted molar refractivity (Wildman–Crippen MR) is 122 cm³/mol. The molecular weight excluding hydrogens is 429 g/mol. The Balaban J connectivity index is 0.00000225. The van der Waals surface area contributed by atoms with Crippen molar-refractivity contribution in [2.75, 3.05) is 60.2 Å². The lowest BCUT2D eigenvalue weighted by Gasteiger charge is -2.35. The highest BCUT2D eigenvalue weighted by Crippen LogP contribution is 2.32. The molecule has 0 bridgehead atoms. The van der Waals surface area contributed by atoms with Crippen LogP contribution in [0.1, 0.15) is 30.9 Å². The largest absolute Gasteiger partial charge is 0.493 e. The maximum absolute atomic E-state index is 12.4. The zero-order valence-corrected chi connectivity index (χ0v) is 19.5. The lowest BCUT2D eigenvalue weighted by atomic mass is 10.0. The summed E-state index contributed by atoms with van der Waals surface area (Å²) in [5, 5.41) is 6.51. The monoisotopic (exact) mass is 463 g/mol. The molecule has 3 rings (SSSR count). The van der Waals surface area contributed by atoms with Crippen LogP contribution in [0.25, 0.3) is 0 Å². The third kappa shape index (κ3) is 7.46. The number of methoxy groups -OCH3 is 2. The van der Waals surface area contributed by atoms with Gasteiger partial charge >= 0.3 is 0 Å². The molecule has 2 aliphatic rings. The molecule has 2 heterocycles. The summed E-state index contributed by atoms with van der Waals surface area (Å²) in [6.45, 7) is 5.82. The molecule has 2 N–H and O–H groups in total. The van der Waals surface area contributed by atoms with Crippen LogP contribution in [0.3, 0.4) is 0 Å². The number of nitrogens with zero attached hydrogens (tertiary/aromatic N) is 1. The molecule has 1 aromatic carbocycles. The van der Waals surface area contributed by atoms with Gasteiger partial charge in [-0.2, -0.15) is 0 Å². The second-order valence-electron chi connectivity index (χ2n) is 7.48. The molecule has 9 heteroatoms. The molecule has 30 heavy (non-hydrogen) atoms. The van der Waals surface area contributed by atoms with E-state index in [1.807, 2.05) is 12.1 Å². The normalized spacial score (nSPS) is 19.9. The van der Waals surface area contributed by atoms with Crippen molar-refractivity contribution in [2.45, 2.75) is 25.3 Å². The molecule has 2 aliphatic heterocycles. The van der Waals surface area contributed by atoms with Gasteiger partial charge in [-0.05, 0) is 49.5 Å². The van der Waals surface area contributed by atoms with Crippen LogP contribution in [0.5, 0.6) is 11.5 Å². The average Bonchev–Trinajstić information content (AvgIpc) is 3.26. The van der Waals surface area contributed by atoms with E-state index in [4.69, 9.17) is 14.2 Å². The van der Waals surface area contributed by atoms with Gasteiger partial charge in [-0.15, -0.1) is 24.8 Å². The van der Waals surface area contributed by atoms with Crippen LogP contribution >= 0.6 is 24.8 Å². The van der Waals surface area contributed by atoms with Gasteiger partial charge in [0.15, 0.2) is 11.5 Å². The summed E-state index contributed by atoms with van der Waals surface area (Å²) in [5.74, 6) is 2.18. The van der Waals surface area contributed by atoms with Crippen LogP contribution in [0, 0.1) is 5.92 Å². The van der Waals surface area contributed by atoms with Crippen LogP contribution in [-0.2, 0) is 9.53 Å². The van der Waals surface area contributed by atoms with Crippen molar-refractivity contribution in [3.63, 3.8) is 0 Å². The zero-order chi connectivity index (χ0) is 19.8. The topological polar surface area (TPSA) is 72.1 Å². The highest BCUT2D eigenvalue weighted by Gasteiger charge is 2.24. The number of amides is 1. The van der Waals surface area contributed by atoms with E-state index in [2.05, 4.69) is 21.6 Å². The summed E-state index contributed by atoms with van der Waals surface area (Å²) >= 11 is 0. The number of halogens is 2. The minimum atomic E-state index is 0. The van der Waals surface area contributed by atoms with Gasteiger partial charge in [0.2, 0.25) is 5.91 Å². The number of morpholine rings is 1. The summed E-state index contributed by atoms with van der Waals surface area (Å²) in [4.78, 5) is 14.8. The molecule has 0 aliphatic carbocycles. The first-order valence-electron chi connectivity index (χ1n) is 10.2. The summed E-state index contributed by atoms with van der Waals surface area (Å²) in [6.07, 6.45) is 2.72. The van der Waals surface area contributed by atoms with Crippen molar-refractivity contribution < 1.29 is 19.0 Å². The first kappa shape index (κ1) is 26.8. The number of carbonyl (C=O) groups excluding carboxylic acids is 1. The highest BCUT2D eigenvalue weighted by atomic mass is 35.5. The molecule has 1 aromatic rings. The lowest BCUT2D eigenvalue weighted by Crippen LogP contribution is -2.43. The van der Waals surface area contributed by atoms with Gasteiger partial charge in [0, 0.05) is 26.1 Å². The van der Waals surface area contributed by atoms with Gasteiger partial charge in [-0.25, -0.2) is 0 Å². The quantitative estimate of drug-likeness (QED) is 0.585. The number of hydrogen-bond donors (Lipinski definition) is 2.